The fraction of sp³-hybridized carbons (Fsp3) is 0.500. The van der Waals surface area contributed by atoms with Gasteiger partial charge in [0, 0.05) is 0 Å². The van der Waals surface area contributed by atoms with Gasteiger partial charge < -0.3 is 9.84 Å². The van der Waals surface area contributed by atoms with E-state index in [0.29, 0.717) is 5.56 Å². The van der Waals surface area contributed by atoms with Crippen LogP contribution < -0.4 is 4.72 Å². The summed E-state index contributed by atoms with van der Waals surface area (Å²) >= 11 is 0. The van der Waals surface area contributed by atoms with Crippen LogP contribution in [0.4, 0.5) is 0 Å². The van der Waals surface area contributed by atoms with Gasteiger partial charge in [0.1, 0.15) is 6.04 Å². The van der Waals surface area contributed by atoms with Gasteiger partial charge >= 0.3 is 5.97 Å². The first-order valence-electron chi connectivity index (χ1n) is 6.50. The quantitative estimate of drug-likeness (QED) is 0.793. The zero-order valence-electron chi connectivity index (χ0n) is 12.4. The molecule has 0 aliphatic rings. The third kappa shape index (κ3) is 7.22. The van der Waals surface area contributed by atoms with E-state index in [9.17, 15) is 13.2 Å². The lowest BCUT2D eigenvalue weighted by molar-refractivity contribution is -0.142. The lowest BCUT2D eigenvalue weighted by atomic mass is 10.2. The number of benzene rings is 1. The molecule has 0 amide bonds. The van der Waals surface area contributed by atoms with Gasteiger partial charge in [0.25, 0.3) is 0 Å². The predicted octanol–water partition coefficient (Wildman–Crippen LogP) is 1.37. The molecule has 1 aromatic rings. The van der Waals surface area contributed by atoms with Gasteiger partial charge in [-0.15, -0.1) is 0 Å². The summed E-state index contributed by atoms with van der Waals surface area (Å²) < 4.78 is 31.5. The standard InChI is InChI=1S/C14H21NO5S/c1-14(2,3)20-9-12(13(16)17)15-21(18,19)10-11-7-5-4-6-8-11/h4-8,12,15H,9-10H2,1-3H3,(H,16,17)/t12-/m1/s1. The summed E-state index contributed by atoms with van der Waals surface area (Å²) in [7, 11) is -3.76. The number of carbonyl (C=O) groups is 1. The fourth-order valence-electron chi connectivity index (χ4n) is 1.54. The van der Waals surface area contributed by atoms with E-state index in [-0.39, 0.29) is 12.4 Å². The van der Waals surface area contributed by atoms with Crippen molar-refractivity contribution in [1.82, 2.24) is 4.72 Å². The third-order valence-corrected chi connectivity index (χ3v) is 3.86. The predicted molar refractivity (Wildman–Crippen MR) is 79.3 cm³/mol. The third-order valence-electron chi connectivity index (χ3n) is 2.50. The average Bonchev–Trinajstić information content (AvgIpc) is 2.33. The summed E-state index contributed by atoms with van der Waals surface area (Å²) in [5.41, 5.74) is 0.0457. The Balaban J connectivity index is 2.71. The highest BCUT2D eigenvalue weighted by Crippen LogP contribution is 2.09. The van der Waals surface area contributed by atoms with Crippen LogP contribution in [-0.4, -0.2) is 37.7 Å². The van der Waals surface area contributed by atoms with E-state index in [1.807, 2.05) is 0 Å². The molecule has 0 aromatic heterocycles. The molecular weight excluding hydrogens is 294 g/mol. The summed E-state index contributed by atoms with van der Waals surface area (Å²) in [6, 6.07) is 7.25. The average molecular weight is 315 g/mol. The summed E-state index contributed by atoms with van der Waals surface area (Å²) in [6.45, 7) is 5.08. The van der Waals surface area contributed by atoms with Crippen LogP contribution in [0.3, 0.4) is 0 Å². The van der Waals surface area contributed by atoms with Crippen molar-refractivity contribution in [2.45, 2.75) is 38.2 Å². The molecule has 0 aliphatic carbocycles. The van der Waals surface area contributed by atoms with Crippen molar-refractivity contribution < 1.29 is 23.1 Å². The normalized spacial score (nSPS) is 13.9. The van der Waals surface area contributed by atoms with Gasteiger partial charge in [0.05, 0.1) is 18.0 Å². The number of rotatable bonds is 7. The highest BCUT2D eigenvalue weighted by molar-refractivity contribution is 7.88. The highest BCUT2D eigenvalue weighted by Gasteiger charge is 2.26. The van der Waals surface area contributed by atoms with Crippen molar-refractivity contribution >= 4 is 16.0 Å². The Bertz CT molecular complexity index is 563. The van der Waals surface area contributed by atoms with Crippen LogP contribution in [0, 0.1) is 0 Å². The maximum absolute atomic E-state index is 12.0. The number of ether oxygens (including phenoxy) is 1. The SMILES string of the molecule is CC(C)(C)OC[C@@H](NS(=O)(=O)Cc1ccccc1)C(=O)O. The molecule has 0 unspecified atom stereocenters. The molecule has 0 bridgehead atoms. The van der Waals surface area contributed by atoms with E-state index in [0.717, 1.165) is 0 Å². The van der Waals surface area contributed by atoms with Crippen molar-refractivity contribution in [1.29, 1.82) is 0 Å². The molecular formula is C14H21NO5S. The molecule has 1 aromatic carbocycles. The minimum Gasteiger partial charge on any atom is -0.480 e. The molecule has 0 spiro atoms. The van der Waals surface area contributed by atoms with Crippen molar-refractivity contribution in [3.05, 3.63) is 35.9 Å². The van der Waals surface area contributed by atoms with Gasteiger partial charge in [-0.3, -0.25) is 4.79 Å². The highest BCUT2D eigenvalue weighted by atomic mass is 32.2. The number of sulfonamides is 1. The van der Waals surface area contributed by atoms with Gasteiger partial charge in [-0.1, -0.05) is 30.3 Å². The second-order valence-electron chi connectivity index (χ2n) is 5.68. The molecule has 7 heteroatoms. The second-order valence-corrected chi connectivity index (χ2v) is 7.43. The number of aliphatic carboxylic acids is 1. The minimum absolute atomic E-state index is 0.229. The maximum atomic E-state index is 12.0. The van der Waals surface area contributed by atoms with Crippen LogP contribution in [0.2, 0.25) is 0 Å². The summed E-state index contributed by atoms with van der Waals surface area (Å²) in [5, 5.41) is 9.09. The van der Waals surface area contributed by atoms with Crippen LogP contribution >= 0.6 is 0 Å². The molecule has 21 heavy (non-hydrogen) atoms. The Morgan fingerprint density at radius 1 is 1.29 bits per heavy atom. The number of carboxylic acid groups (broad SMARTS) is 1. The van der Waals surface area contributed by atoms with Gasteiger partial charge in [0.15, 0.2) is 0 Å². The minimum atomic E-state index is -3.76. The van der Waals surface area contributed by atoms with Crippen LogP contribution in [0.1, 0.15) is 26.3 Å². The number of hydrogen-bond acceptors (Lipinski definition) is 4. The Morgan fingerprint density at radius 3 is 2.33 bits per heavy atom. The molecule has 0 saturated carbocycles. The number of nitrogens with one attached hydrogen (secondary N) is 1. The Morgan fingerprint density at radius 2 is 1.86 bits per heavy atom. The van der Waals surface area contributed by atoms with E-state index in [4.69, 9.17) is 9.84 Å². The molecule has 0 saturated heterocycles. The van der Waals surface area contributed by atoms with Crippen molar-refractivity contribution in [2.24, 2.45) is 0 Å². The monoisotopic (exact) mass is 315 g/mol. The second kappa shape index (κ2) is 7.02. The molecule has 0 radical (unpaired) electrons. The van der Waals surface area contributed by atoms with Gasteiger partial charge in [-0.2, -0.15) is 4.72 Å². The lowest BCUT2D eigenvalue weighted by Crippen LogP contribution is -2.45. The van der Waals surface area contributed by atoms with E-state index in [1.54, 1.807) is 51.1 Å². The Hall–Kier alpha value is -1.44. The number of hydrogen-bond donors (Lipinski definition) is 2. The first-order chi connectivity index (χ1) is 9.59. The lowest BCUT2D eigenvalue weighted by Gasteiger charge is -2.23. The van der Waals surface area contributed by atoms with Crippen molar-refractivity contribution in [3.8, 4) is 0 Å². The van der Waals surface area contributed by atoms with Crippen LogP contribution in [-0.2, 0) is 25.3 Å². The molecule has 1 atom stereocenters. The van der Waals surface area contributed by atoms with Crippen LogP contribution in [0.5, 0.6) is 0 Å². The molecule has 1 rings (SSSR count). The maximum Gasteiger partial charge on any atom is 0.324 e. The molecule has 6 nitrogen and oxygen atoms in total. The van der Waals surface area contributed by atoms with Crippen molar-refractivity contribution in [3.63, 3.8) is 0 Å². The van der Waals surface area contributed by atoms with Gasteiger partial charge in [-0.05, 0) is 26.3 Å². The summed E-state index contributed by atoms with van der Waals surface area (Å²) in [4.78, 5) is 11.1. The molecule has 2 N–H and O–H groups in total. The van der Waals surface area contributed by atoms with E-state index < -0.39 is 27.6 Å². The summed E-state index contributed by atoms with van der Waals surface area (Å²) in [5.74, 6) is -1.54. The van der Waals surface area contributed by atoms with Crippen LogP contribution in [0.15, 0.2) is 30.3 Å². The van der Waals surface area contributed by atoms with Gasteiger partial charge in [0.2, 0.25) is 10.0 Å². The first-order valence-corrected chi connectivity index (χ1v) is 8.15. The summed E-state index contributed by atoms with van der Waals surface area (Å²) in [6.07, 6.45) is 0. The largest absolute Gasteiger partial charge is 0.480 e. The fourth-order valence-corrected chi connectivity index (χ4v) is 2.86. The molecule has 0 aliphatic heterocycles. The molecule has 118 valence electrons. The van der Waals surface area contributed by atoms with E-state index >= 15 is 0 Å². The Labute approximate surface area is 125 Å². The molecule has 0 heterocycles. The topological polar surface area (TPSA) is 92.7 Å². The molecule has 0 fully saturated rings. The van der Waals surface area contributed by atoms with Crippen molar-refractivity contribution in [2.75, 3.05) is 6.61 Å². The smallest absolute Gasteiger partial charge is 0.324 e. The number of carboxylic acids is 1. The van der Waals surface area contributed by atoms with E-state index in [2.05, 4.69) is 4.72 Å². The Kier molecular flexibility index (Phi) is 5.88. The first kappa shape index (κ1) is 17.6. The van der Waals surface area contributed by atoms with Gasteiger partial charge in [-0.25, -0.2) is 8.42 Å². The van der Waals surface area contributed by atoms with Crippen LogP contribution in [0.25, 0.3) is 0 Å². The zero-order valence-corrected chi connectivity index (χ0v) is 13.2. The zero-order chi connectivity index (χ0) is 16.1. The van der Waals surface area contributed by atoms with E-state index in [1.165, 1.54) is 0 Å².